The highest BCUT2D eigenvalue weighted by atomic mass is 32.2. The first-order valence-electron chi connectivity index (χ1n) is 9.19. The van der Waals surface area contributed by atoms with Crippen molar-refractivity contribution in [2.75, 3.05) is 19.6 Å². The highest BCUT2D eigenvalue weighted by molar-refractivity contribution is 7.89. The van der Waals surface area contributed by atoms with Crippen molar-refractivity contribution >= 4 is 31.9 Å². The molecule has 2 rings (SSSR count). The Kier molecular flexibility index (Phi) is 8.28. The van der Waals surface area contributed by atoms with Gasteiger partial charge in [0.1, 0.15) is 0 Å². The molecule has 0 fully saturated rings. The summed E-state index contributed by atoms with van der Waals surface area (Å²) < 4.78 is 48.8. The summed E-state index contributed by atoms with van der Waals surface area (Å²) in [5, 5.41) is 9.96. The molecule has 0 unspecified atom stereocenters. The van der Waals surface area contributed by atoms with Gasteiger partial charge in [-0.2, -0.15) is 0 Å². The summed E-state index contributed by atoms with van der Waals surface area (Å²) in [6, 6.07) is 12.1. The number of carbonyl (C=O) groups excluding carboxylic acids is 2. The molecule has 2 amide bonds. The van der Waals surface area contributed by atoms with Crippen LogP contribution in [0.2, 0.25) is 0 Å². The van der Waals surface area contributed by atoms with Gasteiger partial charge in [-0.15, -0.1) is 0 Å². The van der Waals surface area contributed by atoms with Crippen LogP contribution in [-0.4, -0.2) is 48.3 Å². The van der Waals surface area contributed by atoms with Gasteiger partial charge in [0.2, 0.25) is 31.9 Å². The third-order valence-corrected chi connectivity index (χ3v) is 6.53. The average molecular weight is 469 g/mol. The minimum atomic E-state index is -3.82. The lowest BCUT2D eigenvalue weighted by atomic mass is 10.1. The van der Waals surface area contributed by atoms with E-state index in [-0.39, 0.29) is 22.9 Å². The van der Waals surface area contributed by atoms with Crippen molar-refractivity contribution in [3.8, 4) is 0 Å². The first kappa shape index (κ1) is 24.5. The minimum Gasteiger partial charge on any atom is -0.354 e. The Morgan fingerprint density at radius 2 is 1.35 bits per heavy atom. The number of carbonyl (C=O) groups is 2. The molecule has 0 atom stereocenters. The van der Waals surface area contributed by atoms with Crippen LogP contribution in [0, 0.1) is 6.92 Å². The van der Waals surface area contributed by atoms with Crippen LogP contribution in [0.1, 0.15) is 11.1 Å². The average Bonchev–Trinajstić information content (AvgIpc) is 2.71. The fourth-order valence-corrected chi connectivity index (χ4v) is 3.95. The van der Waals surface area contributed by atoms with Crippen LogP contribution in [0.4, 0.5) is 0 Å². The Balaban J connectivity index is 1.70. The predicted octanol–water partition coefficient (Wildman–Crippen LogP) is -0.604. The summed E-state index contributed by atoms with van der Waals surface area (Å²) >= 11 is 0. The zero-order valence-corrected chi connectivity index (χ0v) is 18.4. The molecule has 168 valence electrons. The van der Waals surface area contributed by atoms with Gasteiger partial charge in [-0.05, 0) is 43.2 Å². The van der Waals surface area contributed by atoms with Crippen LogP contribution >= 0.6 is 0 Å². The maximum absolute atomic E-state index is 12.1. The standard InChI is InChI=1S/C19H24N4O6S2/c1-14-2-6-17(7-3-14)31(28,29)23-13-19(25)22-12-18(24)21-11-10-15-4-8-16(9-5-15)30(20,26)27/h2-9,23H,10-13H2,1H3,(H,21,24)(H,22,25)(H2,20,26,27). The normalized spacial score (nSPS) is 11.7. The van der Waals surface area contributed by atoms with Gasteiger partial charge in [-0.1, -0.05) is 29.8 Å². The largest absolute Gasteiger partial charge is 0.354 e. The Morgan fingerprint density at radius 1 is 0.806 bits per heavy atom. The summed E-state index contributed by atoms with van der Waals surface area (Å²) in [5.74, 6) is -1.10. The van der Waals surface area contributed by atoms with Crippen molar-refractivity contribution in [2.24, 2.45) is 5.14 Å². The second-order valence-electron chi connectivity index (χ2n) is 6.70. The molecule has 12 heteroatoms. The lowest BCUT2D eigenvalue weighted by Gasteiger charge is -2.09. The van der Waals surface area contributed by atoms with Crippen LogP contribution in [-0.2, 0) is 36.1 Å². The molecule has 0 aliphatic heterocycles. The van der Waals surface area contributed by atoms with E-state index < -0.39 is 38.4 Å². The lowest BCUT2D eigenvalue weighted by Crippen LogP contribution is -2.42. The quantitative estimate of drug-likeness (QED) is 0.363. The maximum Gasteiger partial charge on any atom is 0.241 e. The number of rotatable bonds is 10. The number of hydrogen-bond acceptors (Lipinski definition) is 6. The first-order chi connectivity index (χ1) is 14.5. The van der Waals surface area contributed by atoms with Gasteiger partial charge in [0.25, 0.3) is 0 Å². The highest BCUT2D eigenvalue weighted by Gasteiger charge is 2.15. The fourth-order valence-electron chi connectivity index (χ4n) is 2.46. The van der Waals surface area contributed by atoms with Gasteiger partial charge >= 0.3 is 0 Å². The van der Waals surface area contributed by atoms with Gasteiger partial charge < -0.3 is 10.6 Å². The van der Waals surface area contributed by atoms with E-state index in [0.717, 1.165) is 11.1 Å². The molecule has 10 nitrogen and oxygen atoms in total. The van der Waals surface area contributed by atoms with E-state index >= 15 is 0 Å². The van der Waals surface area contributed by atoms with E-state index in [1.54, 1.807) is 24.3 Å². The van der Waals surface area contributed by atoms with Gasteiger partial charge in [0.15, 0.2) is 0 Å². The summed E-state index contributed by atoms with van der Waals surface area (Å²) in [5.41, 5.74) is 1.70. The van der Waals surface area contributed by atoms with Crippen molar-refractivity contribution in [1.29, 1.82) is 0 Å². The van der Waals surface area contributed by atoms with E-state index in [2.05, 4.69) is 15.4 Å². The summed E-state index contributed by atoms with van der Waals surface area (Å²) in [6.45, 7) is 1.28. The summed E-state index contributed by atoms with van der Waals surface area (Å²) in [4.78, 5) is 23.7. The maximum atomic E-state index is 12.1. The van der Waals surface area contributed by atoms with Gasteiger partial charge in [0.05, 0.1) is 22.9 Å². The molecule has 0 saturated heterocycles. The zero-order valence-electron chi connectivity index (χ0n) is 16.8. The van der Waals surface area contributed by atoms with Crippen molar-refractivity contribution in [2.45, 2.75) is 23.1 Å². The van der Waals surface area contributed by atoms with Crippen LogP contribution in [0.25, 0.3) is 0 Å². The van der Waals surface area contributed by atoms with E-state index in [4.69, 9.17) is 5.14 Å². The number of aryl methyl sites for hydroxylation is 1. The molecule has 2 aromatic carbocycles. The molecular formula is C19H24N4O6S2. The van der Waals surface area contributed by atoms with Crippen molar-refractivity contribution in [3.63, 3.8) is 0 Å². The third-order valence-electron chi connectivity index (χ3n) is 4.19. The van der Waals surface area contributed by atoms with Gasteiger partial charge in [-0.25, -0.2) is 26.7 Å². The summed E-state index contributed by atoms with van der Waals surface area (Å²) in [6.07, 6.45) is 0.445. The predicted molar refractivity (Wildman–Crippen MR) is 114 cm³/mol. The van der Waals surface area contributed by atoms with Gasteiger partial charge in [0, 0.05) is 6.54 Å². The molecule has 0 bridgehead atoms. The van der Waals surface area contributed by atoms with E-state index in [0.29, 0.717) is 6.42 Å². The van der Waals surface area contributed by atoms with E-state index in [1.165, 1.54) is 24.3 Å². The molecule has 0 aromatic heterocycles. The van der Waals surface area contributed by atoms with Crippen LogP contribution in [0.3, 0.4) is 0 Å². The van der Waals surface area contributed by atoms with E-state index in [9.17, 15) is 26.4 Å². The highest BCUT2D eigenvalue weighted by Crippen LogP contribution is 2.10. The number of primary sulfonamides is 1. The Bertz CT molecular complexity index is 1130. The number of nitrogens with two attached hydrogens (primary N) is 1. The van der Waals surface area contributed by atoms with Crippen LogP contribution in [0.15, 0.2) is 58.3 Å². The van der Waals surface area contributed by atoms with Gasteiger partial charge in [-0.3, -0.25) is 9.59 Å². The molecule has 31 heavy (non-hydrogen) atoms. The number of amides is 2. The van der Waals surface area contributed by atoms with Crippen molar-refractivity contribution < 1.29 is 26.4 Å². The molecule has 0 aliphatic rings. The molecule has 0 radical (unpaired) electrons. The molecule has 0 heterocycles. The molecule has 0 spiro atoms. The topological polar surface area (TPSA) is 165 Å². The molecule has 2 aromatic rings. The number of sulfonamides is 2. The fraction of sp³-hybridized carbons (Fsp3) is 0.263. The van der Waals surface area contributed by atoms with Crippen LogP contribution < -0.4 is 20.5 Å². The zero-order chi connectivity index (χ0) is 23.1. The summed E-state index contributed by atoms with van der Waals surface area (Å²) in [7, 11) is -7.58. The SMILES string of the molecule is Cc1ccc(S(=O)(=O)NCC(=O)NCC(=O)NCCc2ccc(S(N)(=O)=O)cc2)cc1. The second kappa shape index (κ2) is 10.5. The number of hydrogen-bond donors (Lipinski definition) is 4. The van der Waals surface area contributed by atoms with Crippen molar-refractivity contribution in [3.05, 3.63) is 59.7 Å². The Morgan fingerprint density at radius 3 is 1.94 bits per heavy atom. The monoisotopic (exact) mass is 468 g/mol. The van der Waals surface area contributed by atoms with Crippen molar-refractivity contribution in [1.82, 2.24) is 15.4 Å². The smallest absolute Gasteiger partial charge is 0.241 e. The van der Waals surface area contributed by atoms with Crippen LogP contribution in [0.5, 0.6) is 0 Å². The first-order valence-corrected chi connectivity index (χ1v) is 12.2. The number of benzene rings is 2. The molecule has 0 aliphatic carbocycles. The molecular weight excluding hydrogens is 444 g/mol. The second-order valence-corrected chi connectivity index (χ2v) is 10.0. The third kappa shape index (κ3) is 8.09. The minimum absolute atomic E-state index is 0.000926. The molecule has 0 saturated carbocycles. The molecule has 5 N–H and O–H groups in total. The van der Waals surface area contributed by atoms with E-state index in [1.807, 2.05) is 6.92 Å². The lowest BCUT2D eigenvalue weighted by molar-refractivity contribution is -0.125. The number of nitrogens with one attached hydrogen (secondary N) is 3. The Hall–Kier alpha value is -2.80. The Labute approximate surface area is 181 Å².